The summed E-state index contributed by atoms with van der Waals surface area (Å²) in [6, 6.07) is 5.41. The number of hydrogen-bond acceptors (Lipinski definition) is 5. The van der Waals surface area contributed by atoms with Gasteiger partial charge in [-0.15, -0.1) is 11.3 Å². The zero-order valence-electron chi connectivity index (χ0n) is 12.4. The van der Waals surface area contributed by atoms with Gasteiger partial charge in [-0.2, -0.15) is 0 Å². The molecule has 0 saturated carbocycles. The number of aromatic nitrogens is 1. The smallest absolute Gasteiger partial charge is 0.330 e. The molecule has 1 heterocycles. The Hall–Kier alpha value is -2.41. The van der Waals surface area contributed by atoms with E-state index in [4.69, 9.17) is 4.74 Å². The van der Waals surface area contributed by atoms with Crippen LogP contribution < -0.4 is 10.1 Å². The summed E-state index contributed by atoms with van der Waals surface area (Å²) < 4.78 is 5.04. The lowest BCUT2D eigenvalue weighted by atomic mass is 10.1. The van der Waals surface area contributed by atoms with Crippen LogP contribution in [0, 0.1) is 13.8 Å². The van der Waals surface area contributed by atoms with Crippen LogP contribution in [0.5, 0.6) is 5.75 Å². The summed E-state index contributed by atoms with van der Waals surface area (Å²) in [5, 5.41) is 12.7. The van der Waals surface area contributed by atoms with Crippen LogP contribution in [0.3, 0.4) is 0 Å². The SMILES string of the molecule is COc1ccc(C(NC(=O)c2sc(C)nc2C)C(=O)O)cc1. The van der Waals surface area contributed by atoms with Gasteiger partial charge < -0.3 is 15.2 Å². The highest BCUT2D eigenvalue weighted by Gasteiger charge is 2.24. The van der Waals surface area contributed by atoms with Crippen LogP contribution in [0.1, 0.15) is 32.0 Å². The van der Waals surface area contributed by atoms with E-state index in [2.05, 4.69) is 10.3 Å². The molecular weight excluding hydrogens is 304 g/mol. The quantitative estimate of drug-likeness (QED) is 0.882. The second-order valence-corrected chi connectivity index (χ2v) is 5.87. The number of benzene rings is 1. The normalized spacial score (nSPS) is 11.8. The molecular formula is C15H16N2O4S. The van der Waals surface area contributed by atoms with E-state index in [1.165, 1.54) is 18.4 Å². The monoisotopic (exact) mass is 320 g/mol. The van der Waals surface area contributed by atoms with Gasteiger partial charge in [-0.25, -0.2) is 9.78 Å². The lowest BCUT2D eigenvalue weighted by Crippen LogP contribution is -2.33. The Morgan fingerprint density at radius 3 is 2.36 bits per heavy atom. The average molecular weight is 320 g/mol. The van der Waals surface area contributed by atoms with Crippen LogP contribution in [0.25, 0.3) is 0 Å². The summed E-state index contributed by atoms with van der Waals surface area (Å²) in [5.41, 5.74) is 1.07. The average Bonchev–Trinajstić information content (AvgIpc) is 2.83. The van der Waals surface area contributed by atoms with Gasteiger partial charge >= 0.3 is 5.97 Å². The van der Waals surface area contributed by atoms with Crippen molar-refractivity contribution in [3.8, 4) is 5.75 Å². The number of ether oxygens (including phenoxy) is 1. The maximum atomic E-state index is 12.3. The largest absolute Gasteiger partial charge is 0.497 e. The highest BCUT2D eigenvalue weighted by molar-refractivity contribution is 7.13. The molecule has 0 aliphatic carbocycles. The predicted octanol–water partition coefficient (Wildman–Crippen LogP) is 2.32. The Morgan fingerprint density at radius 2 is 1.91 bits per heavy atom. The number of carboxylic acids is 1. The molecule has 1 amide bonds. The van der Waals surface area contributed by atoms with Gasteiger partial charge in [0.25, 0.3) is 5.91 Å². The molecule has 2 aromatic rings. The lowest BCUT2D eigenvalue weighted by Gasteiger charge is -2.15. The fraction of sp³-hybridized carbons (Fsp3) is 0.267. The minimum Gasteiger partial charge on any atom is -0.497 e. The molecule has 0 spiro atoms. The molecule has 1 unspecified atom stereocenters. The van der Waals surface area contributed by atoms with Gasteiger partial charge in [-0.05, 0) is 31.5 Å². The highest BCUT2D eigenvalue weighted by Crippen LogP contribution is 2.21. The fourth-order valence-electron chi connectivity index (χ4n) is 2.02. The number of nitrogens with one attached hydrogen (secondary N) is 1. The fourth-order valence-corrected chi connectivity index (χ4v) is 2.85. The first-order chi connectivity index (χ1) is 10.4. The zero-order chi connectivity index (χ0) is 16.3. The number of methoxy groups -OCH3 is 1. The van der Waals surface area contributed by atoms with Crippen molar-refractivity contribution in [3.05, 3.63) is 45.4 Å². The number of aliphatic carboxylic acids is 1. The van der Waals surface area contributed by atoms with Crippen molar-refractivity contribution in [2.24, 2.45) is 0 Å². The van der Waals surface area contributed by atoms with Crippen LogP contribution >= 0.6 is 11.3 Å². The van der Waals surface area contributed by atoms with Crippen LogP contribution in [0.4, 0.5) is 0 Å². The van der Waals surface area contributed by atoms with E-state index >= 15 is 0 Å². The van der Waals surface area contributed by atoms with Crippen molar-refractivity contribution in [2.45, 2.75) is 19.9 Å². The molecule has 2 rings (SSSR count). The highest BCUT2D eigenvalue weighted by atomic mass is 32.1. The first kappa shape index (κ1) is 16.0. The molecule has 6 nitrogen and oxygen atoms in total. The van der Waals surface area contributed by atoms with Gasteiger partial charge in [0.2, 0.25) is 0 Å². The maximum absolute atomic E-state index is 12.3. The van der Waals surface area contributed by atoms with Gasteiger partial charge in [0.1, 0.15) is 10.6 Å². The molecule has 1 atom stereocenters. The summed E-state index contributed by atoms with van der Waals surface area (Å²) in [7, 11) is 1.53. The van der Waals surface area contributed by atoms with Crippen molar-refractivity contribution in [2.75, 3.05) is 7.11 Å². The summed E-state index contributed by atoms with van der Waals surface area (Å²) in [6.07, 6.45) is 0. The van der Waals surface area contributed by atoms with E-state index in [0.717, 1.165) is 5.01 Å². The number of aryl methyl sites for hydroxylation is 2. The minimum absolute atomic E-state index is 0.428. The standard InChI is InChI=1S/C15H16N2O4S/c1-8-13(22-9(2)16-8)14(18)17-12(15(19)20)10-4-6-11(21-3)7-5-10/h4-7,12H,1-3H3,(H,17,18)(H,19,20). The van der Waals surface area contributed by atoms with E-state index in [1.807, 2.05) is 0 Å². The van der Waals surface area contributed by atoms with Gasteiger partial charge in [0, 0.05) is 0 Å². The van der Waals surface area contributed by atoms with Gasteiger partial charge in [0.15, 0.2) is 6.04 Å². The van der Waals surface area contributed by atoms with Crippen molar-refractivity contribution in [1.29, 1.82) is 0 Å². The van der Waals surface area contributed by atoms with Gasteiger partial charge in [0.05, 0.1) is 17.8 Å². The third-order valence-corrected chi connectivity index (χ3v) is 4.15. The molecule has 116 valence electrons. The number of thiazole rings is 1. The third kappa shape index (κ3) is 3.43. The van der Waals surface area contributed by atoms with E-state index < -0.39 is 17.9 Å². The molecule has 0 aliphatic rings. The molecule has 0 radical (unpaired) electrons. The number of rotatable bonds is 5. The Kier molecular flexibility index (Phi) is 4.77. The van der Waals surface area contributed by atoms with Crippen LogP contribution in [0.2, 0.25) is 0 Å². The molecule has 22 heavy (non-hydrogen) atoms. The second kappa shape index (κ2) is 6.57. The Labute approximate surface area is 131 Å². The van der Waals surface area contributed by atoms with Crippen LogP contribution in [-0.4, -0.2) is 29.1 Å². The summed E-state index contributed by atoms with van der Waals surface area (Å²) in [5.74, 6) is -0.947. The molecule has 0 saturated heterocycles. The summed E-state index contributed by atoms with van der Waals surface area (Å²) in [4.78, 5) is 28.3. The van der Waals surface area contributed by atoms with Crippen molar-refractivity contribution in [1.82, 2.24) is 10.3 Å². The van der Waals surface area contributed by atoms with Gasteiger partial charge in [-0.1, -0.05) is 12.1 Å². The second-order valence-electron chi connectivity index (χ2n) is 4.67. The summed E-state index contributed by atoms with van der Waals surface area (Å²) >= 11 is 1.24. The molecule has 1 aromatic carbocycles. The number of amides is 1. The van der Waals surface area contributed by atoms with Gasteiger partial charge in [-0.3, -0.25) is 4.79 Å². The summed E-state index contributed by atoms with van der Waals surface area (Å²) in [6.45, 7) is 3.52. The molecule has 1 aromatic heterocycles. The molecule has 0 fully saturated rings. The molecule has 0 bridgehead atoms. The maximum Gasteiger partial charge on any atom is 0.330 e. The number of carbonyl (C=O) groups is 2. The Morgan fingerprint density at radius 1 is 1.27 bits per heavy atom. The number of hydrogen-bond donors (Lipinski definition) is 2. The predicted molar refractivity (Wildman–Crippen MR) is 82.4 cm³/mol. The van der Waals surface area contributed by atoms with Crippen LogP contribution in [-0.2, 0) is 4.79 Å². The minimum atomic E-state index is -1.13. The number of nitrogens with zero attached hydrogens (tertiary/aromatic N) is 1. The van der Waals surface area contributed by atoms with E-state index in [0.29, 0.717) is 21.9 Å². The number of carboxylic acid groups (broad SMARTS) is 1. The number of carbonyl (C=O) groups excluding carboxylic acids is 1. The van der Waals surface area contributed by atoms with E-state index in [9.17, 15) is 14.7 Å². The van der Waals surface area contributed by atoms with Crippen LogP contribution in [0.15, 0.2) is 24.3 Å². The van der Waals surface area contributed by atoms with Crippen molar-refractivity contribution >= 4 is 23.2 Å². The first-order valence-electron chi connectivity index (χ1n) is 6.54. The first-order valence-corrected chi connectivity index (χ1v) is 7.35. The van der Waals surface area contributed by atoms with E-state index in [1.54, 1.807) is 38.1 Å². The molecule has 7 heteroatoms. The zero-order valence-corrected chi connectivity index (χ0v) is 13.2. The lowest BCUT2D eigenvalue weighted by molar-refractivity contribution is -0.139. The Balaban J connectivity index is 2.23. The topological polar surface area (TPSA) is 88.5 Å². The van der Waals surface area contributed by atoms with Crippen molar-refractivity contribution < 1.29 is 19.4 Å². The van der Waals surface area contributed by atoms with Crippen molar-refractivity contribution in [3.63, 3.8) is 0 Å². The van der Waals surface area contributed by atoms with E-state index in [-0.39, 0.29) is 0 Å². The Bertz CT molecular complexity index is 694. The molecule has 2 N–H and O–H groups in total. The third-order valence-electron chi connectivity index (χ3n) is 3.08. The molecule has 0 aliphatic heterocycles.